The summed E-state index contributed by atoms with van der Waals surface area (Å²) < 4.78 is 0. The quantitative estimate of drug-likeness (QED) is 0.580. The highest BCUT2D eigenvalue weighted by Gasteiger charge is 2.20. The standard InChI is InChI=1S/C16H16B/c1-3-11-7-8-14-13(9-11)10-12-5-4-6-15(17-2)16(12)14/h4-9H,3,10H2,1-2H3. The molecule has 2 aromatic rings. The Hall–Kier alpha value is -1.50. The van der Waals surface area contributed by atoms with Crippen LogP contribution in [-0.2, 0) is 12.8 Å². The van der Waals surface area contributed by atoms with E-state index in [9.17, 15) is 0 Å². The molecule has 17 heavy (non-hydrogen) atoms. The lowest BCUT2D eigenvalue weighted by Gasteiger charge is -2.07. The minimum atomic E-state index is 1.10. The van der Waals surface area contributed by atoms with Crippen LogP contribution in [-0.4, -0.2) is 7.28 Å². The molecule has 2 aromatic carbocycles. The number of benzene rings is 2. The summed E-state index contributed by atoms with van der Waals surface area (Å²) in [6.07, 6.45) is 2.22. The fourth-order valence-electron chi connectivity index (χ4n) is 2.80. The zero-order chi connectivity index (χ0) is 11.8. The topological polar surface area (TPSA) is 0 Å². The van der Waals surface area contributed by atoms with Crippen molar-refractivity contribution in [1.82, 2.24) is 0 Å². The third-order valence-corrected chi connectivity index (χ3v) is 3.72. The van der Waals surface area contributed by atoms with Gasteiger partial charge in [-0.1, -0.05) is 55.6 Å². The molecule has 1 aliphatic carbocycles. The van der Waals surface area contributed by atoms with Crippen molar-refractivity contribution in [2.24, 2.45) is 0 Å². The minimum absolute atomic E-state index is 1.10. The molecule has 0 aromatic heterocycles. The van der Waals surface area contributed by atoms with E-state index in [1.54, 1.807) is 0 Å². The van der Waals surface area contributed by atoms with Crippen LogP contribution in [0.4, 0.5) is 0 Å². The van der Waals surface area contributed by atoms with Gasteiger partial charge in [0.1, 0.15) is 7.28 Å². The second-order valence-corrected chi connectivity index (χ2v) is 4.69. The maximum Gasteiger partial charge on any atom is 0.149 e. The highest BCUT2D eigenvalue weighted by molar-refractivity contribution is 6.54. The van der Waals surface area contributed by atoms with Crippen LogP contribution in [0, 0.1) is 0 Å². The van der Waals surface area contributed by atoms with Crippen LogP contribution in [0.5, 0.6) is 0 Å². The summed E-state index contributed by atoms with van der Waals surface area (Å²) in [6, 6.07) is 13.6. The minimum Gasteiger partial charge on any atom is -0.0872 e. The first-order valence-electron chi connectivity index (χ1n) is 6.37. The van der Waals surface area contributed by atoms with Crippen LogP contribution in [0.1, 0.15) is 23.6 Å². The third kappa shape index (κ3) is 1.61. The molecule has 1 aliphatic rings. The average Bonchev–Trinajstić information content (AvgIpc) is 2.75. The van der Waals surface area contributed by atoms with Gasteiger partial charge in [-0.2, -0.15) is 0 Å². The molecule has 0 aliphatic heterocycles. The highest BCUT2D eigenvalue weighted by atomic mass is 14.2. The summed E-state index contributed by atoms with van der Waals surface area (Å²) in [7, 11) is 2.21. The van der Waals surface area contributed by atoms with Gasteiger partial charge in [-0.05, 0) is 40.7 Å². The fraction of sp³-hybridized carbons (Fsp3) is 0.250. The number of hydrogen-bond acceptors (Lipinski definition) is 0. The average molecular weight is 219 g/mol. The normalized spacial score (nSPS) is 12.1. The number of fused-ring (bicyclic) bond motifs is 3. The zero-order valence-electron chi connectivity index (χ0n) is 10.5. The van der Waals surface area contributed by atoms with Crippen LogP contribution >= 0.6 is 0 Å². The van der Waals surface area contributed by atoms with E-state index in [-0.39, 0.29) is 0 Å². The summed E-state index contributed by atoms with van der Waals surface area (Å²) in [4.78, 5) is 0. The molecule has 0 fully saturated rings. The molecule has 1 heteroatoms. The molecule has 83 valence electrons. The molecule has 0 amide bonds. The van der Waals surface area contributed by atoms with Gasteiger partial charge in [0.2, 0.25) is 0 Å². The molecule has 0 spiro atoms. The maximum atomic E-state index is 2.37. The van der Waals surface area contributed by atoms with Gasteiger partial charge in [0.25, 0.3) is 0 Å². The van der Waals surface area contributed by atoms with Gasteiger partial charge in [-0.25, -0.2) is 0 Å². The van der Waals surface area contributed by atoms with Crippen molar-refractivity contribution < 1.29 is 0 Å². The molecule has 0 bridgehead atoms. The van der Waals surface area contributed by atoms with Gasteiger partial charge < -0.3 is 0 Å². The van der Waals surface area contributed by atoms with Crippen LogP contribution < -0.4 is 5.46 Å². The van der Waals surface area contributed by atoms with Crippen molar-refractivity contribution in [2.75, 3.05) is 0 Å². The predicted molar refractivity (Wildman–Crippen MR) is 75.3 cm³/mol. The number of hydrogen-bond donors (Lipinski definition) is 0. The Morgan fingerprint density at radius 3 is 2.76 bits per heavy atom. The molecular formula is C16H16B. The monoisotopic (exact) mass is 219 g/mol. The van der Waals surface area contributed by atoms with Gasteiger partial charge in [0.05, 0.1) is 0 Å². The van der Waals surface area contributed by atoms with Crippen LogP contribution in [0.2, 0.25) is 6.82 Å². The van der Waals surface area contributed by atoms with E-state index in [1.807, 2.05) is 0 Å². The van der Waals surface area contributed by atoms with Crippen molar-refractivity contribution in [3.8, 4) is 11.1 Å². The van der Waals surface area contributed by atoms with E-state index < -0.39 is 0 Å². The van der Waals surface area contributed by atoms with Crippen LogP contribution in [0.25, 0.3) is 11.1 Å². The first kappa shape index (κ1) is 10.6. The Labute approximate surface area is 104 Å². The lowest BCUT2D eigenvalue weighted by atomic mass is 9.69. The highest BCUT2D eigenvalue weighted by Crippen LogP contribution is 2.35. The van der Waals surface area contributed by atoms with E-state index in [0.717, 1.165) is 12.8 Å². The van der Waals surface area contributed by atoms with E-state index >= 15 is 0 Å². The molecule has 1 radical (unpaired) electrons. The summed E-state index contributed by atoms with van der Waals surface area (Å²) in [6.45, 7) is 4.34. The Kier molecular flexibility index (Phi) is 2.55. The molecule has 0 unspecified atom stereocenters. The second-order valence-electron chi connectivity index (χ2n) is 4.69. The van der Waals surface area contributed by atoms with Gasteiger partial charge in [-0.3, -0.25) is 0 Å². The molecule has 3 rings (SSSR count). The third-order valence-electron chi connectivity index (χ3n) is 3.72. The van der Waals surface area contributed by atoms with Crippen molar-refractivity contribution in [1.29, 1.82) is 0 Å². The van der Waals surface area contributed by atoms with E-state index in [1.165, 1.54) is 33.3 Å². The second kappa shape index (κ2) is 4.07. The van der Waals surface area contributed by atoms with Gasteiger partial charge in [0.15, 0.2) is 0 Å². The summed E-state index contributed by atoms with van der Waals surface area (Å²) in [5.74, 6) is 0. The first-order valence-corrected chi connectivity index (χ1v) is 6.37. The summed E-state index contributed by atoms with van der Waals surface area (Å²) >= 11 is 0. The molecule has 0 heterocycles. The van der Waals surface area contributed by atoms with Crippen LogP contribution in [0.15, 0.2) is 36.4 Å². The van der Waals surface area contributed by atoms with E-state index in [4.69, 9.17) is 0 Å². The van der Waals surface area contributed by atoms with E-state index in [2.05, 4.69) is 57.4 Å². The molecular weight excluding hydrogens is 203 g/mol. The predicted octanol–water partition coefficient (Wildman–Crippen LogP) is 3.20. The summed E-state index contributed by atoms with van der Waals surface area (Å²) in [5.41, 5.74) is 8.67. The first-order chi connectivity index (χ1) is 8.33. The molecule has 0 saturated heterocycles. The number of aryl methyl sites for hydroxylation is 1. The SMILES string of the molecule is C[B]c1cccc2c1-c1ccc(CC)cc1C2. The molecule has 0 N–H and O–H groups in total. The summed E-state index contributed by atoms with van der Waals surface area (Å²) in [5, 5.41) is 0. The van der Waals surface area contributed by atoms with E-state index in [0.29, 0.717) is 0 Å². The molecule has 0 nitrogen and oxygen atoms in total. The Morgan fingerprint density at radius 2 is 2.00 bits per heavy atom. The van der Waals surface area contributed by atoms with Gasteiger partial charge in [-0.15, -0.1) is 0 Å². The van der Waals surface area contributed by atoms with Crippen molar-refractivity contribution in [3.63, 3.8) is 0 Å². The van der Waals surface area contributed by atoms with Crippen molar-refractivity contribution in [2.45, 2.75) is 26.6 Å². The zero-order valence-corrected chi connectivity index (χ0v) is 10.5. The van der Waals surface area contributed by atoms with Crippen molar-refractivity contribution in [3.05, 3.63) is 53.1 Å². The van der Waals surface area contributed by atoms with Crippen molar-refractivity contribution >= 4 is 12.7 Å². The Bertz CT molecular complexity index is 570. The lowest BCUT2D eigenvalue weighted by molar-refractivity contribution is 1.12. The lowest BCUT2D eigenvalue weighted by Crippen LogP contribution is -2.13. The van der Waals surface area contributed by atoms with Crippen LogP contribution in [0.3, 0.4) is 0 Å². The fourth-order valence-corrected chi connectivity index (χ4v) is 2.80. The number of rotatable bonds is 2. The maximum absolute atomic E-state index is 2.37. The smallest absolute Gasteiger partial charge is 0.0872 e. The van der Waals surface area contributed by atoms with Gasteiger partial charge >= 0.3 is 0 Å². The largest absolute Gasteiger partial charge is 0.149 e. The Balaban J connectivity index is 2.20. The molecule has 0 atom stereocenters. The molecule has 0 saturated carbocycles. The van der Waals surface area contributed by atoms with Gasteiger partial charge in [0, 0.05) is 0 Å². The Morgan fingerprint density at radius 1 is 1.12 bits per heavy atom.